The topological polar surface area (TPSA) is 131 Å². The minimum absolute atomic E-state index is 0.0154. The number of hydrogen-bond acceptors (Lipinski definition) is 9. The second-order valence-corrected chi connectivity index (χ2v) is 8.12. The number of benzene rings is 1. The first-order valence-electron chi connectivity index (χ1n) is 9.57. The molecule has 0 saturated carbocycles. The molecule has 0 radical (unpaired) electrons. The van der Waals surface area contributed by atoms with Crippen LogP contribution in [0.1, 0.15) is 43.5 Å². The molecule has 2 rings (SSSR count). The molecule has 4 atom stereocenters. The van der Waals surface area contributed by atoms with Crippen LogP contribution in [0, 0.1) is 0 Å². The van der Waals surface area contributed by atoms with E-state index in [1.165, 1.54) is 18.7 Å². The monoisotopic (exact) mass is 438 g/mol. The summed E-state index contributed by atoms with van der Waals surface area (Å²) in [5.74, 6) is -1.59. The minimum atomic E-state index is -0.671. The van der Waals surface area contributed by atoms with Crippen molar-refractivity contribution in [1.29, 1.82) is 0 Å². The largest absolute Gasteiger partial charge is 0.459 e. The number of nitrogens with one attached hydrogen (secondary N) is 2. The third-order valence-corrected chi connectivity index (χ3v) is 6.09. The van der Waals surface area contributed by atoms with E-state index in [0.29, 0.717) is 24.2 Å². The van der Waals surface area contributed by atoms with Gasteiger partial charge in [0.1, 0.15) is 6.10 Å². The standard InChI is InChI=1S/C20H26N2O7S/c1-12(23)28-17(25)10-6-9-15(22-27)19-18(29-13(2)24)16(11-30-19)21-20(26)14-7-4-3-5-8-14/h3-5,7-8,15-16,18-19,22,27H,6,9-11H2,1-2H3,(H,21,26)/t15-,16+,18-,19-/m0/s1. The Kier molecular flexibility index (Phi) is 9.28. The molecular weight excluding hydrogens is 412 g/mol. The van der Waals surface area contributed by atoms with Crippen LogP contribution in [-0.4, -0.2) is 58.2 Å². The van der Waals surface area contributed by atoms with Gasteiger partial charge in [-0.25, -0.2) is 5.48 Å². The van der Waals surface area contributed by atoms with Crippen molar-refractivity contribution in [1.82, 2.24) is 10.8 Å². The average Bonchev–Trinajstić information content (AvgIpc) is 3.06. The number of esters is 3. The SMILES string of the molecule is CC(=O)OC(=O)CCC[C@H](NO)[C@@H]1SC[C@@H](NC(=O)c2ccccc2)[C@@H]1OC(C)=O. The van der Waals surface area contributed by atoms with Gasteiger partial charge in [-0.3, -0.25) is 19.2 Å². The number of thioether (sulfide) groups is 1. The zero-order chi connectivity index (χ0) is 22.1. The predicted octanol–water partition coefficient (Wildman–Crippen LogP) is 1.44. The summed E-state index contributed by atoms with van der Waals surface area (Å²) < 4.78 is 9.96. The highest BCUT2D eigenvalue weighted by Gasteiger charge is 2.44. The van der Waals surface area contributed by atoms with Crippen LogP contribution >= 0.6 is 11.8 Å². The van der Waals surface area contributed by atoms with Crippen LogP contribution in [0.25, 0.3) is 0 Å². The van der Waals surface area contributed by atoms with Crippen LogP contribution < -0.4 is 10.8 Å². The molecule has 1 heterocycles. The number of carbonyl (C=O) groups excluding carboxylic acids is 4. The maximum absolute atomic E-state index is 12.5. The molecule has 10 heteroatoms. The van der Waals surface area contributed by atoms with Crippen LogP contribution in [-0.2, 0) is 23.9 Å². The summed E-state index contributed by atoms with van der Waals surface area (Å²) in [5.41, 5.74) is 2.72. The van der Waals surface area contributed by atoms with Gasteiger partial charge in [0.2, 0.25) is 0 Å². The number of amides is 1. The molecule has 1 aromatic rings. The lowest BCUT2D eigenvalue weighted by atomic mass is 9.99. The third kappa shape index (κ3) is 7.12. The van der Waals surface area contributed by atoms with Crippen LogP contribution in [0.3, 0.4) is 0 Å². The number of hydrogen-bond donors (Lipinski definition) is 3. The van der Waals surface area contributed by atoms with Gasteiger partial charge in [-0.1, -0.05) is 18.2 Å². The van der Waals surface area contributed by atoms with Gasteiger partial charge in [-0.15, -0.1) is 0 Å². The smallest absolute Gasteiger partial charge is 0.313 e. The zero-order valence-corrected chi connectivity index (χ0v) is 17.6. The third-order valence-electron chi connectivity index (χ3n) is 4.56. The number of rotatable bonds is 9. The molecule has 1 aromatic carbocycles. The summed E-state index contributed by atoms with van der Waals surface area (Å²) in [6.07, 6.45) is 0.0868. The number of hydroxylamine groups is 1. The Morgan fingerprint density at radius 1 is 1.17 bits per heavy atom. The summed E-state index contributed by atoms with van der Waals surface area (Å²) >= 11 is 1.46. The summed E-state index contributed by atoms with van der Waals surface area (Å²) in [5, 5.41) is 12.2. The van der Waals surface area contributed by atoms with Gasteiger partial charge in [-0.2, -0.15) is 11.8 Å². The van der Waals surface area contributed by atoms with Crippen molar-refractivity contribution in [2.45, 2.75) is 56.5 Å². The van der Waals surface area contributed by atoms with Gasteiger partial charge in [0, 0.05) is 37.6 Å². The van der Waals surface area contributed by atoms with E-state index in [1.54, 1.807) is 24.3 Å². The highest BCUT2D eigenvalue weighted by atomic mass is 32.2. The maximum atomic E-state index is 12.5. The molecule has 1 fully saturated rings. The van der Waals surface area contributed by atoms with Crippen molar-refractivity contribution in [3.8, 4) is 0 Å². The molecule has 1 amide bonds. The lowest BCUT2D eigenvalue weighted by molar-refractivity contribution is -0.158. The molecule has 0 spiro atoms. The quantitative estimate of drug-likeness (QED) is 0.298. The Bertz CT molecular complexity index is 759. The van der Waals surface area contributed by atoms with E-state index in [0.717, 1.165) is 6.92 Å². The molecule has 0 aliphatic carbocycles. The fourth-order valence-corrected chi connectivity index (χ4v) is 4.83. The maximum Gasteiger partial charge on any atom is 0.313 e. The molecule has 3 N–H and O–H groups in total. The van der Waals surface area contributed by atoms with Gasteiger partial charge < -0.3 is 20.0 Å². The highest BCUT2D eigenvalue weighted by molar-refractivity contribution is 8.00. The second-order valence-electron chi connectivity index (χ2n) is 6.91. The molecule has 0 unspecified atom stereocenters. The first-order valence-corrected chi connectivity index (χ1v) is 10.6. The van der Waals surface area contributed by atoms with Crippen LogP contribution in [0.15, 0.2) is 30.3 Å². The zero-order valence-electron chi connectivity index (χ0n) is 16.8. The highest BCUT2D eigenvalue weighted by Crippen LogP contribution is 2.34. The Labute approximate surface area is 178 Å². The van der Waals surface area contributed by atoms with Crippen molar-refractivity contribution in [3.63, 3.8) is 0 Å². The molecule has 30 heavy (non-hydrogen) atoms. The van der Waals surface area contributed by atoms with E-state index >= 15 is 0 Å². The molecule has 1 aliphatic heterocycles. The molecule has 0 aromatic heterocycles. The first kappa shape index (κ1) is 23.8. The van der Waals surface area contributed by atoms with Crippen molar-refractivity contribution < 1.29 is 33.9 Å². The normalized spacial score (nSPS) is 21.5. The van der Waals surface area contributed by atoms with Crippen molar-refractivity contribution >= 4 is 35.6 Å². The number of ether oxygens (including phenoxy) is 2. The second kappa shape index (κ2) is 11.7. The Balaban J connectivity index is 2.00. The Morgan fingerprint density at radius 2 is 1.87 bits per heavy atom. The van der Waals surface area contributed by atoms with E-state index in [4.69, 9.17) is 4.74 Å². The summed E-state index contributed by atoms with van der Waals surface area (Å²) in [6.45, 7) is 2.44. The van der Waals surface area contributed by atoms with Crippen LogP contribution in [0.2, 0.25) is 0 Å². The van der Waals surface area contributed by atoms with Crippen molar-refractivity contribution in [2.24, 2.45) is 0 Å². The van der Waals surface area contributed by atoms with E-state index < -0.39 is 36.1 Å². The fraction of sp³-hybridized carbons (Fsp3) is 0.500. The molecule has 1 aliphatic rings. The molecule has 164 valence electrons. The van der Waals surface area contributed by atoms with Gasteiger partial charge in [0.05, 0.1) is 11.3 Å². The average molecular weight is 439 g/mol. The van der Waals surface area contributed by atoms with Gasteiger partial charge >= 0.3 is 17.9 Å². The summed E-state index contributed by atoms with van der Waals surface area (Å²) in [4.78, 5) is 46.5. The summed E-state index contributed by atoms with van der Waals surface area (Å²) in [6, 6.07) is 7.77. The van der Waals surface area contributed by atoms with Gasteiger partial charge in [0.25, 0.3) is 5.91 Å². The fourth-order valence-electron chi connectivity index (χ4n) is 3.26. The van der Waals surface area contributed by atoms with E-state index in [1.807, 2.05) is 6.07 Å². The minimum Gasteiger partial charge on any atom is -0.459 e. The first-order chi connectivity index (χ1) is 14.3. The lowest BCUT2D eigenvalue weighted by Crippen LogP contribution is -2.51. The predicted molar refractivity (Wildman–Crippen MR) is 109 cm³/mol. The molecule has 0 bridgehead atoms. The molecule has 9 nitrogen and oxygen atoms in total. The number of carbonyl (C=O) groups is 4. The molecule has 1 saturated heterocycles. The lowest BCUT2D eigenvalue weighted by Gasteiger charge is -2.29. The van der Waals surface area contributed by atoms with E-state index in [2.05, 4.69) is 15.5 Å². The van der Waals surface area contributed by atoms with Crippen molar-refractivity contribution in [3.05, 3.63) is 35.9 Å². The summed E-state index contributed by atoms with van der Waals surface area (Å²) in [7, 11) is 0. The van der Waals surface area contributed by atoms with Gasteiger partial charge in [-0.05, 0) is 25.0 Å². The van der Waals surface area contributed by atoms with Gasteiger partial charge in [0.15, 0.2) is 0 Å². The Hall–Kier alpha value is -2.43. The Morgan fingerprint density at radius 3 is 2.47 bits per heavy atom. The molecular formula is C20H26N2O7S. The van der Waals surface area contributed by atoms with E-state index in [9.17, 15) is 24.4 Å². The van der Waals surface area contributed by atoms with Crippen molar-refractivity contribution in [2.75, 3.05) is 5.75 Å². The van der Waals surface area contributed by atoms with Crippen LogP contribution in [0.4, 0.5) is 0 Å². The van der Waals surface area contributed by atoms with E-state index in [-0.39, 0.29) is 17.6 Å². The van der Waals surface area contributed by atoms with Crippen LogP contribution in [0.5, 0.6) is 0 Å².